The Kier molecular flexibility index (Phi) is 5.25. The third-order valence-corrected chi connectivity index (χ3v) is 5.49. The molecule has 0 aromatic heterocycles. The molecule has 2 aromatic carbocycles. The van der Waals surface area contributed by atoms with Crippen molar-refractivity contribution in [2.75, 3.05) is 13.2 Å². The van der Waals surface area contributed by atoms with Gasteiger partial charge in [0.1, 0.15) is 13.2 Å². The zero-order valence-corrected chi connectivity index (χ0v) is 16.8. The monoisotopic (exact) mass is 430 g/mol. The van der Waals surface area contributed by atoms with Crippen LogP contribution in [0.4, 0.5) is 4.79 Å². The number of nitrogens with one attached hydrogen (secondary N) is 2. The summed E-state index contributed by atoms with van der Waals surface area (Å²) in [6, 6.07) is 13.7. The average molecular weight is 431 g/mol. The Bertz CT molecular complexity index is 838. The number of amides is 2. The van der Waals surface area contributed by atoms with Crippen LogP contribution in [0.25, 0.3) is 0 Å². The Morgan fingerprint density at radius 3 is 2.56 bits per heavy atom. The topological polar surface area (TPSA) is 59.6 Å². The maximum atomic E-state index is 12.6. The standard InChI is InChI=1S/C21H23BrN2O3/c1-13(15-3-2-4-17(22)11-15)23-21(25)24-20(14-5-6-14)16-7-8-18-19(12-16)27-10-9-26-18/h2-4,7-8,11-14,20H,5-6,9-10H2,1H3,(H2,23,24,25). The summed E-state index contributed by atoms with van der Waals surface area (Å²) in [6.45, 7) is 3.12. The minimum absolute atomic E-state index is 0.0180. The molecular weight excluding hydrogens is 408 g/mol. The third-order valence-electron chi connectivity index (χ3n) is 5.00. The minimum Gasteiger partial charge on any atom is -0.486 e. The van der Waals surface area contributed by atoms with Crippen molar-refractivity contribution in [2.24, 2.45) is 5.92 Å². The van der Waals surface area contributed by atoms with E-state index in [0.29, 0.717) is 19.1 Å². The van der Waals surface area contributed by atoms with E-state index in [0.717, 1.165) is 39.9 Å². The van der Waals surface area contributed by atoms with Gasteiger partial charge in [-0.2, -0.15) is 0 Å². The molecule has 2 aromatic rings. The van der Waals surface area contributed by atoms with E-state index < -0.39 is 0 Å². The molecule has 1 aliphatic carbocycles. The van der Waals surface area contributed by atoms with E-state index in [1.54, 1.807) is 0 Å². The lowest BCUT2D eigenvalue weighted by Gasteiger charge is -2.24. The number of carbonyl (C=O) groups is 1. The van der Waals surface area contributed by atoms with Crippen LogP contribution >= 0.6 is 15.9 Å². The van der Waals surface area contributed by atoms with Crippen LogP contribution in [-0.2, 0) is 0 Å². The zero-order valence-electron chi connectivity index (χ0n) is 15.2. The lowest BCUT2D eigenvalue weighted by molar-refractivity contribution is 0.171. The van der Waals surface area contributed by atoms with E-state index in [4.69, 9.17) is 9.47 Å². The van der Waals surface area contributed by atoms with E-state index in [1.807, 2.05) is 49.4 Å². The fraction of sp³-hybridized carbons (Fsp3) is 0.381. The van der Waals surface area contributed by atoms with Gasteiger partial charge in [0.2, 0.25) is 0 Å². The summed E-state index contributed by atoms with van der Waals surface area (Å²) in [5, 5.41) is 6.20. The maximum Gasteiger partial charge on any atom is 0.315 e. The number of fused-ring (bicyclic) bond motifs is 1. The first kappa shape index (κ1) is 18.2. The molecule has 0 saturated heterocycles. The van der Waals surface area contributed by atoms with Crippen molar-refractivity contribution in [3.63, 3.8) is 0 Å². The fourth-order valence-corrected chi connectivity index (χ4v) is 3.81. The van der Waals surface area contributed by atoms with Crippen LogP contribution in [-0.4, -0.2) is 19.2 Å². The molecular formula is C21H23BrN2O3. The van der Waals surface area contributed by atoms with E-state index >= 15 is 0 Å². The number of hydrogen-bond acceptors (Lipinski definition) is 3. The van der Waals surface area contributed by atoms with Crippen molar-refractivity contribution < 1.29 is 14.3 Å². The molecule has 2 unspecified atom stereocenters. The van der Waals surface area contributed by atoms with Crippen LogP contribution in [0.5, 0.6) is 11.5 Å². The second-order valence-corrected chi connectivity index (χ2v) is 8.03. The first-order valence-corrected chi connectivity index (χ1v) is 10.1. The Labute approximate surface area is 167 Å². The second-order valence-electron chi connectivity index (χ2n) is 7.11. The third kappa shape index (κ3) is 4.38. The molecule has 2 amide bonds. The molecule has 142 valence electrons. The van der Waals surface area contributed by atoms with Crippen molar-refractivity contribution in [1.82, 2.24) is 10.6 Å². The SMILES string of the molecule is CC(NC(=O)NC(c1ccc2c(c1)OCCO2)C1CC1)c1cccc(Br)c1. The highest BCUT2D eigenvalue weighted by Gasteiger charge is 2.34. The average Bonchev–Trinajstić information content (AvgIpc) is 3.51. The molecule has 5 nitrogen and oxygen atoms in total. The normalized spacial score (nSPS) is 17.7. The summed E-state index contributed by atoms with van der Waals surface area (Å²) < 4.78 is 12.3. The number of benzene rings is 2. The number of hydrogen-bond donors (Lipinski definition) is 2. The molecule has 27 heavy (non-hydrogen) atoms. The van der Waals surface area contributed by atoms with Crippen LogP contribution in [0, 0.1) is 5.92 Å². The predicted molar refractivity (Wildman–Crippen MR) is 107 cm³/mol. The Morgan fingerprint density at radius 2 is 1.81 bits per heavy atom. The number of rotatable bonds is 5. The Morgan fingerprint density at radius 1 is 1.04 bits per heavy atom. The summed E-state index contributed by atoms with van der Waals surface area (Å²) in [5.41, 5.74) is 2.12. The molecule has 2 aliphatic rings. The molecule has 4 rings (SSSR count). The molecule has 0 radical (unpaired) electrons. The molecule has 1 saturated carbocycles. The second kappa shape index (κ2) is 7.80. The van der Waals surface area contributed by atoms with E-state index in [-0.39, 0.29) is 18.1 Å². The van der Waals surface area contributed by atoms with Gasteiger partial charge in [-0.3, -0.25) is 0 Å². The molecule has 1 aliphatic heterocycles. The van der Waals surface area contributed by atoms with Crippen molar-refractivity contribution in [2.45, 2.75) is 31.8 Å². The van der Waals surface area contributed by atoms with Gasteiger partial charge in [0.05, 0.1) is 12.1 Å². The van der Waals surface area contributed by atoms with Gasteiger partial charge in [0.15, 0.2) is 11.5 Å². The van der Waals surface area contributed by atoms with Crippen LogP contribution in [0.15, 0.2) is 46.9 Å². The molecule has 0 bridgehead atoms. The van der Waals surface area contributed by atoms with E-state index in [9.17, 15) is 4.79 Å². The molecule has 6 heteroatoms. The van der Waals surface area contributed by atoms with E-state index in [1.165, 1.54) is 0 Å². The summed E-state index contributed by atoms with van der Waals surface area (Å²) >= 11 is 3.47. The Balaban J connectivity index is 1.45. The highest BCUT2D eigenvalue weighted by Crippen LogP contribution is 2.43. The predicted octanol–water partition coefficient (Wildman–Crippen LogP) is 4.73. The van der Waals surface area contributed by atoms with Gasteiger partial charge in [-0.05, 0) is 61.1 Å². The molecule has 1 fully saturated rings. The first-order valence-electron chi connectivity index (χ1n) is 9.32. The van der Waals surface area contributed by atoms with Crippen LogP contribution in [0.1, 0.15) is 43.0 Å². The lowest BCUT2D eigenvalue weighted by atomic mass is 10.0. The summed E-state index contributed by atoms with van der Waals surface area (Å²) in [4.78, 5) is 12.6. The number of ether oxygens (including phenoxy) is 2. The fourth-order valence-electron chi connectivity index (χ4n) is 3.40. The minimum atomic E-state index is -0.158. The van der Waals surface area contributed by atoms with Crippen LogP contribution < -0.4 is 20.1 Å². The van der Waals surface area contributed by atoms with Crippen molar-refractivity contribution in [3.8, 4) is 11.5 Å². The van der Waals surface area contributed by atoms with Gasteiger partial charge in [-0.25, -0.2) is 4.79 Å². The van der Waals surface area contributed by atoms with Crippen molar-refractivity contribution >= 4 is 22.0 Å². The van der Waals surface area contributed by atoms with Gasteiger partial charge < -0.3 is 20.1 Å². The van der Waals surface area contributed by atoms with Crippen LogP contribution in [0.2, 0.25) is 0 Å². The lowest BCUT2D eigenvalue weighted by Crippen LogP contribution is -2.40. The molecule has 0 spiro atoms. The highest BCUT2D eigenvalue weighted by molar-refractivity contribution is 9.10. The van der Waals surface area contributed by atoms with Gasteiger partial charge >= 0.3 is 6.03 Å². The first-order chi connectivity index (χ1) is 13.1. The number of carbonyl (C=O) groups excluding carboxylic acids is 1. The van der Waals surface area contributed by atoms with Crippen molar-refractivity contribution in [3.05, 3.63) is 58.1 Å². The Hall–Kier alpha value is -2.21. The molecule has 1 heterocycles. The smallest absolute Gasteiger partial charge is 0.315 e. The van der Waals surface area contributed by atoms with Gasteiger partial charge in [-0.15, -0.1) is 0 Å². The van der Waals surface area contributed by atoms with Crippen LogP contribution in [0.3, 0.4) is 0 Å². The largest absolute Gasteiger partial charge is 0.486 e. The quantitative estimate of drug-likeness (QED) is 0.720. The number of urea groups is 1. The molecule has 2 atom stereocenters. The highest BCUT2D eigenvalue weighted by atomic mass is 79.9. The summed E-state index contributed by atoms with van der Waals surface area (Å²) in [5.74, 6) is 2.00. The van der Waals surface area contributed by atoms with Gasteiger partial charge in [0.25, 0.3) is 0 Å². The summed E-state index contributed by atoms with van der Waals surface area (Å²) in [6.07, 6.45) is 2.25. The number of halogens is 1. The van der Waals surface area contributed by atoms with Gasteiger partial charge in [0, 0.05) is 4.47 Å². The molecule has 2 N–H and O–H groups in total. The maximum absolute atomic E-state index is 12.6. The van der Waals surface area contributed by atoms with Crippen molar-refractivity contribution in [1.29, 1.82) is 0 Å². The van der Waals surface area contributed by atoms with E-state index in [2.05, 4.69) is 26.6 Å². The zero-order chi connectivity index (χ0) is 18.8. The summed E-state index contributed by atoms with van der Waals surface area (Å²) in [7, 11) is 0. The van der Waals surface area contributed by atoms with Gasteiger partial charge in [-0.1, -0.05) is 34.1 Å².